The van der Waals surface area contributed by atoms with Gasteiger partial charge in [-0.1, -0.05) is 20.8 Å². The maximum absolute atomic E-state index is 11.5. The number of hydrogen-bond donors (Lipinski definition) is 3. The van der Waals surface area contributed by atoms with Gasteiger partial charge >= 0.3 is 0 Å². The van der Waals surface area contributed by atoms with Crippen molar-refractivity contribution in [2.45, 2.75) is 58.6 Å². The van der Waals surface area contributed by atoms with Gasteiger partial charge in [0.05, 0.1) is 5.60 Å². The van der Waals surface area contributed by atoms with E-state index in [4.69, 9.17) is 0 Å². The molecule has 0 heterocycles. The Morgan fingerprint density at radius 1 is 1.31 bits per heavy atom. The van der Waals surface area contributed by atoms with Crippen LogP contribution in [0.5, 0.6) is 0 Å². The number of carbonyl (C=O) groups excluding carboxylic acids is 1. The SMILES string of the molecule is CCNC(C)CC(=O)NCC(O)(CC)CC. The number of aliphatic hydroxyl groups is 1. The van der Waals surface area contributed by atoms with Crippen LogP contribution >= 0.6 is 0 Å². The van der Waals surface area contributed by atoms with Crippen molar-refractivity contribution in [1.82, 2.24) is 10.6 Å². The van der Waals surface area contributed by atoms with E-state index in [2.05, 4.69) is 10.6 Å². The first kappa shape index (κ1) is 15.4. The van der Waals surface area contributed by atoms with E-state index in [9.17, 15) is 9.90 Å². The van der Waals surface area contributed by atoms with Crippen molar-refractivity contribution in [1.29, 1.82) is 0 Å². The first-order chi connectivity index (χ1) is 7.47. The van der Waals surface area contributed by atoms with Gasteiger partial charge in [0, 0.05) is 19.0 Å². The Bertz CT molecular complexity index is 203. The van der Waals surface area contributed by atoms with Crippen LogP contribution in [0.4, 0.5) is 0 Å². The van der Waals surface area contributed by atoms with Gasteiger partial charge in [0.25, 0.3) is 0 Å². The molecule has 0 spiro atoms. The van der Waals surface area contributed by atoms with Gasteiger partial charge < -0.3 is 15.7 Å². The van der Waals surface area contributed by atoms with Crippen LogP contribution in [-0.4, -0.2) is 35.7 Å². The minimum atomic E-state index is -0.753. The van der Waals surface area contributed by atoms with Gasteiger partial charge in [-0.15, -0.1) is 0 Å². The van der Waals surface area contributed by atoms with Crippen molar-refractivity contribution in [3.63, 3.8) is 0 Å². The quantitative estimate of drug-likeness (QED) is 0.584. The lowest BCUT2D eigenvalue weighted by Crippen LogP contribution is -2.43. The van der Waals surface area contributed by atoms with Crippen LogP contribution in [0.25, 0.3) is 0 Å². The molecule has 0 aliphatic rings. The first-order valence-corrected chi connectivity index (χ1v) is 6.19. The van der Waals surface area contributed by atoms with Gasteiger partial charge in [-0.25, -0.2) is 0 Å². The van der Waals surface area contributed by atoms with E-state index in [0.717, 1.165) is 6.54 Å². The highest BCUT2D eigenvalue weighted by molar-refractivity contribution is 5.76. The van der Waals surface area contributed by atoms with Crippen LogP contribution in [0.2, 0.25) is 0 Å². The Kier molecular flexibility index (Phi) is 7.34. The van der Waals surface area contributed by atoms with Crippen LogP contribution in [0, 0.1) is 0 Å². The van der Waals surface area contributed by atoms with Crippen LogP contribution in [0.1, 0.15) is 47.0 Å². The van der Waals surface area contributed by atoms with E-state index < -0.39 is 5.60 Å². The van der Waals surface area contributed by atoms with Crippen LogP contribution in [0.3, 0.4) is 0 Å². The Morgan fingerprint density at radius 2 is 1.88 bits per heavy atom. The molecule has 0 aliphatic heterocycles. The molecular formula is C12H26N2O2. The van der Waals surface area contributed by atoms with Crippen LogP contribution in [-0.2, 0) is 4.79 Å². The molecule has 96 valence electrons. The number of carbonyl (C=O) groups is 1. The van der Waals surface area contributed by atoms with Gasteiger partial charge in [-0.2, -0.15) is 0 Å². The Hall–Kier alpha value is -0.610. The third-order valence-electron chi connectivity index (χ3n) is 2.98. The fourth-order valence-electron chi connectivity index (χ4n) is 1.53. The van der Waals surface area contributed by atoms with Crippen molar-refractivity contribution < 1.29 is 9.90 Å². The molecule has 0 bridgehead atoms. The van der Waals surface area contributed by atoms with Gasteiger partial charge in [-0.3, -0.25) is 4.79 Å². The third kappa shape index (κ3) is 6.08. The summed E-state index contributed by atoms with van der Waals surface area (Å²) in [5, 5.41) is 15.9. The summed E-state index contributed by atoms with van der Waals surface area (Å²) >= 11 is 0. The molecule has 3 N–H and O–H groups in total. The smallest absolute Gasteiger partial charge is 0.221 e. The summed E-state index contributed by atoms with van der Waals surface area (Å²) in [7, 11) is 0. The molecule has 1 amide bonds. The van der Waals surface area contributed by atoms with Crippen LogP contribution < -0.4 is 10.6 Å². The monoisotopic (exact) mass is 230 g/mol. The van der Waals surface area contributed by atoms with Gasteiger partial charge in [0.2, 0.25) is 5.91 Å². The van der Waals surface area contributed by atoms with Crippen molar-refractivity contribution in [2.24, 2.45) is 0 Å². The maximum Gasteiger partial charge on any atom is 0.221 e. The fourth-order valence-corrected chi connectivity index (χ4v) is 1.53. The molecule has 0 radical (unpaired) electrons. The predicted octanol–water partition coefficient (Wildman–Crippen LogP) is 1.04. The molecule has 0 aromatic rings. The Morgan fingerprint density at radius 3 is 2.31 bits per heavy atom. The van der Waals surface area contributed by atoms with E-state index in [0.29, 0.717) is 25.8 Å². The molecular weight excluding hydrogens is 204 g/mol. The lowest BCUT2D eigenvalue weighted by molar-refractivity contribution is -0.122. The molecule has 0 saturated carbocycles. The first-order valence-electron chi connectivity index (χ1n) is 6.19. The van der Waals surface area contributed by atoms with E-state index in [-0.39, 0.29) is 11.9 Å². The molecule has 0 fully saturated rings. The number of rotatable bonds is 8. The minimum absolute atomic E-state index is 0.00576. The molecule has 0 aromatic carbocycles. The summed E-state index contributed by atoms with van der Waals surface area (Å²) < 4.78 is 0. The summed E-state index contributed by atoms with van der Waals surface area (Å²) in [5.74, 6) is -0.00576. The highest BCUT2D eigenvalue weighted by Crippen LogP contribution is 2.12. The molecule has 4 nitrogen and oxygen atoms in total. The zero-order valence-corrected chi connectivity index (χ0v) is 11.0. The highest BCUT2D eigenvalue weighted by atomic mass is 16.3. The largest absolute Gasteiger partial charge is 0.388 e. The second-order valence-electron chi connectivity index (χ2n) is 4.37. The normalized spacial score (nSPS) is 13.6. The summed E-state index contributed by atoms with van der Waals surface area (Å²) in [6, 6.07) is 0.182. The van der Waals surface area contributed by atoms with Crippen molar-refractivity contribution in [2.75, 3.05) is 13.1 Å². The van der Waals surface area contributed by atoms with Gasteiger partial charge in [-0.05, 0) is 26.3 Å². The van der Waals surface area contributed by atoms with E-state index in [1.807, 2.05) is 27.7 Å². The minimum Gasteiger partial charge on any atom is -0.388 e. The summed E-state index contributed by atoms with van der Waals surface area (Å²) in [5.41, 5.74) is -0.753. The predicted molar refractivity (Wildman–Crippen MR) is 66.3 cm³/mol. The highest BCUT2D eigenvalue weighted by Gasteiger charge is 2.22. The third-order valence-corrected chi connectivity index (χ3v) is 2.98. The molecule has 4 heteroatoms. The van der Waals surface area contributed by atoms with Crippen molar-refractivity contribution in [3.05, 3.63) is 0 Å². The van der Waals surface area contributed by atoms with Gasteiger partial charge in [0.1, 0.15) is 0 Å². The second-order valence-corrected chi connectivity index (χ2v) is 4.37. The summed E-state index contributed by atoms with van der Waals surface area (Å²) in [6.07, 6.45) is 1.77. The standard InChI is InChI=1S/C12H26N2O2/c1-5-12(16,6-2)9-14-11(15)8-10(4)13-7-3/h10,13,16H,5-9H2,1-4H3,(H,14,15). The second kappa shape index (κ2) is 7.63. The number of amides is 1. The zero-order chi connectivity index (χ0) is 12.6. The lowest BCUT2D eigenvalue weighted by atomic mass is 9.97. The molecule has 0 rings (SSSR count). The fraction of sp³-hybridized carbons (Fsp3) is 0.917. The van der Waals surface area contributed by atoms with E-state index in [1.54, 1.807) is 0 Å². The van der Waals surface area contributed by atoms with Crippen LogP contribution in [0.15, 0.2) is 0 Å². The lowest BCUT2D eigenvalue weighted by Gasteiger charge is -2.25. The Labute approximate surface area is 98.8 Å². The van der Waals surface area contributed by atoms with E-state index in [1.165, 1.54) is 0 Å². The molecule has 1 atom stereocenters. The average Bonchev–Trinajstić information content (AvgIpc) is 2.26. The number of hydrogen-bond acceptors (Lipinski definition) is 3. The van der Waals surface area contributed by atoms with Crippen molar-refractivity contribution in [3.8, 4) is 0 Å². The summed E-state index contributed by atoms with van der Waals surface area (Å²) in [4.78, 5) is 11.5. The topological polar surface area (TPSA) is 61.4 Å². The number of nitrogens with one attached hydrogen (secondary N) is 2. The Balaban J connectivity index is 3.88. The molecule has 0 aromatic heterocycles. The maximum atomic E-state index is 11.5. The molecule has 0 saturated heterocycles. The molecule has 16 heavy (non-hydrogen) atoms. The molecule has 0 aliphatic carbocycles. The average molecular weight is 230 g/mol. The van der Waals surface area contributed by atoms with Crippen molar-refractivity contribution >= 4 is 5.91 Å². The van der Waals surface area contributed by atoms with Gasteiger partial charge in [0.15, 0.2) is 0 Å². The molecule has 1 unspecified atom stereocenters. The summed E-state index contributed by atoms with van der Waals surface area (Å²) in [6.45, 7) is 9.06. The zero-order valence-electron chi connectivity index (χ0n) is 11.0. The van der Waals surface area contributed by atoms with E-state index >= 15 is 0 Å².